The van der Waals surface area contributed by atoms with E-state index in [4.69, 9.17) is 16.3 Å². The van der Waals surface area contributed by atoms with Crippen molar-refractivity contribution in [1.29, 1.82) is 0 Å². The Bertz CT molecular complexity index is 390. The number of alkyl halides is 1. The zero-order valence-corrected chi connectivity index (χ0v) is 8.90. The number of nitrogens with zero attached hydrogens (tertiary/aromatic N) is 1. The van der Waals surface area contributed by atoms with E-state index in [1.165, 1.54) is 19.2 Å². The van der Waals surface area contributed by atoms with Gasteiger partial charge in [-0.1, -0.05) is 12.2 Å². The second-order valence-corrected chi connectivity index (χ2v) is 3.05. The zero-order chi connectivity index (χ0) is 11.3. The fourth-order valence-corrected chi connectivity index (χ4v) is 1.23. The molecule has 0 bridgehead atoms. The molecule has 80 valence electrons. The fraction of sp³-hybridized carbons (Fsp3) is 0.200. The Morgan fingerprint density at radius 3 is 2.87 bits per heavy atom. The van der Waals surface area contributed by atoms with E-state index in [0.717, 1.165) is 0 Å². The molecule has 0 aromatic heterocycles. The molecule has 0 atom stereocenters. The third-order valence-corrected chi connectivity index (χ3v) is 1.99. The molecule has 0 aliphatic carbocycles. The van der Waals surface area contributed by atoms with Gasteiger partial charge < -0.3 is 4.74 Å². The van der Waals surface area contributed by atoms with Crippen LogP contribution in [0.2, 0.25) is 0 Å². The van der Waals surface area contributed by atoms with Gasteiger partial charge in [0.05, 0.1) is 12.0 Å². The molecule has 0 heterocycles. The number of rotatable bonds is 4. The first-order valence-electron chi connectivity index (χ1n) is 4.24. The molecule has 0 saturated heterocycles. The quantitative estimate of drug-likeness (QED) is 0.452. The van der Waals surface area contributed by atoms with E-state index in [9.17, 15) is 10.1 Å². The van der Waals surface area contributed by atoms with Gasteiger partial charge in [0.25, 0.3) is 5.69 Å². The normalized spacial score (nSPS) is 10.5. The van der Waals surface area contributed by atoms with Gasteiger partial charge in [-0.3, -0.25) is 10.1 Å². The molecule has 0 N–H and O–H groups in total. The molecule has 0 aliphatic heterocycles. The van der Waals surface area contributed by atoms with Crippen LogP contribution in [0.15, 0.2) is 24.3 Å². The van der Waals surface area contributed by atoms with E-state index >= 15 is 0 Å². The van der Waals surface area contributed by atoms with E-state index in [1.807, 2.05) is 0 Å². The topological polar surface area (TPSA) is 52.4 Å². The molecule has 15 heavy (non-hydrogen) atoms. The smallest absolute Gasteiger partial charge is 0.270 e. The van der Waals surface area contributed by atoms with E-state index < -0.39 is 4.92 Å². The highest BCUT2D eigenvalue weighted by Gasteiger charge is 2.08. The second-order valence-electron chi connectivity index (χ2n) is 2.74. The van der Waals surface area contributed by atoms with Crippen molar-refractivity contribution in [3.05, 3.63) is 40.0 Å². The van der Waals surface area contributed by atoms with Crippen LogP contribution in [-0.2, 0) is 0 Å². The van der Waals surface area contributed by atoms with Crippen LogP contribution >= 0.6 is 11.6 Å². The Morgan fingerprint density at radius 1 is 1.60 bits per heavy atom. The largest absolute Gasteiger partial charge is 0.496 e. The highest BCUT2D eigenvalue weighted by Crippen LogP contribution is 2.24. The van der Waals surface area contributed by atoms with Gasteiger partial charge in [0, 0.05) is 23.6 Å². The van der Waals surface area contributed by atoms with Crippen LogP contribution in [0.5, 0.6) is 5.75 Å². The molecule has 5 heteroatoms. The number of methoxy groups -OCH3 is 1. The van der Waals surface area contributed by atoms with Crippen LogP contribution in [0, 0.1) is 10.1 Å². The number of halogens is 1. The number of benzene rings is 1. The molecule has 0 aliphatic rings. The number of nitro benzene ring substituents is 1. The van der Waals surface area contributed by atoms with E-state index in [0.29, 0.717) is 17.2 Å². The first-order valence-corrected chi connectivity index (χ1v) is 4.77. The highest BCUT2D eigenvalue weighted by atomic mass is 35.5. The summed E-state index contributed by atoms with van der Waals surface area (Å²) in [5.74, 6) is 0.938. The van der Waals surface area contributed by atoms with Gasteiger partial charge in [-0.05, 0) is 6.07 Å². The van der Waals surface area contributed by atoms with Crippen molar-refractivity contribution in [3.63, 3.8) is 0 Å². The van der Waals surface area contributed by atoms with E-state index in [1.54, 1.807) is 18.2 Å². The van der Waals surface area contributed by atoms with Gasteiger partial charge in [0.15, 0.2) is 0 Å². The average Bonchev–Trinajstić information content (AvgIpc) is 2.25. The summed E-state index contributed by atoms with van der Waals surface area (Å²) >= 11 is 5.49. The molecule has 0 unspecified atom stereocenters. The molecule has 1 aromatic rings. The van der Waals surface area contributed by atoms with E-state index in [-0.39, 0.29) is 5.69 Å². The number of non-ortho nitro benzene ring substituents is 1. The summed E-state index contributed by atoms with van der Waals surface area (Å²) in [5.41, 5.74) is 0.678. The van der Waals surface area contributed by atoms with Crippen LogP contribution in [-0.4, -0.2) is 17.9 Å². The standard InChI is InChI=1S/C10H10ClNO3/c1-15-10-5-4-9(12(13)14)7-8(10)3-2-6-11/h2-5,7H,6H2,1H3. The van der Waals surface area contributed by atoms with Crippen molar-refractivity contribution >= 4 is 23.4 Å². The zero-order valence-electron chi connectivity index (χ0n) is 8.14. The SMILES string of the molecule is COc1ccc([N+](=O)[O-])cc1C=CCCl. The summed E-state index contributed by atoms with van der Waals surface area (Å²) in [7, 11) is 1.51. The van der Waals surface area contributed by atoms with Crippen molar-refractivity contribution in [3.8, 4) is 5.75 Å². The van der Waals surface area contributed by atoms with Crippen LogP contribution in [0.3, 0.4) is 0 Å². The summed E-state index contributed by atoms with van der Waals surface area (Å²) in [6.45, 7) is 0. The number of nitro groups is 1. The molecular weight excluding hydrogens is 218 g/mol. The minimum atomic E-state index is -0.447. The van der Waals surface area contributed by atoms with Gasteiger partial charge in [-0.25, -0.2) is 0 Å². The minimum absolute atomic E-state index is 0.0324. The summed E-state index contributed by atoms with van der Waals surface area (Å²) in [4.78, 5) is 10.1. The number of ether oxygens (including phenoxy) is 1. The molecule has 0 amide bonds. The molecule has 0 fully saturated rings. The second kappa shape index (κ2) is 5.36. The number of hydrogen-bond acceptors (Lipinski definition) is 3. The summed E-state index contributed by atoms with van der Waals surface area (Å²) in [6, 6.07) is 4.41. The Labute approximate surface area is 92.3 Å². The van der Waals surface area contributed by atoms with Crippen LogP contribution in [0.25, 0.3) is 6.08 Å². The first kappa shape index (κ1) is 11.5. The van der Waals surface area contributed by atoms with Gasteiger partial charge in [-0.2, -0.15) is 0 Å². The van der Waals surface area contributed by atoms with E-state index in [2.05, 4.69) is 0 Å². The summed E-state index contributed by atoms with van der Waals surface area (Å²) < 4.78 is 5.06. The molecular formula is C10H10ClNO3. The Hall–Kier alpha value is -1.55. The molecule has 0 radical (unpaired) electrons. The minimum Gasteiger partial charge on any atom is -0.496 e. The van der Waals surface area contributed by atoms with Gasteiger partial charge in [0.1, 0.15) is 5.75 Å². The van der Waals surface area contributed by atoms with Crippen molar-refractivity contribution in [2.75, 3.05) is 13.0 Å². The molecule has 0 saturated carbocycles. The van der Waals surface area contributed by atoms with Gasteiger partial charge >= 0.3 is 0 Å². The van der Waals surface area contributed by atoms with Crippen LogP contribution < -0.4 is 4.74 Å². The lowest BCUT2D eigenvalue weighted by atomic mass is 10.1. The first-order chi connectivity index (χ1) is 7.19. The molecule has 0 spiro atoms. The predicted octanol–water partition coefficient (Wildman–Crippen LogP) is 2.86. The Kier molecular flexibility index (Phi) is 4.12. The highest BCUT2D eigenvalue weighted by molar-refractivity contribution is 6.19. The third kappa shape index (κ3) is 2.95. The number of hydrogen-bond donors (Lipinski definition) is 0. The lowest BCUT2D eigenvalue weighted by molar-refractivity contribution is -0.384. The lowest BCUT2D eigenvalue weighted by Gasteiger charge is -2.03. The van der Waals surface area contributed by atoms with Crippen molar-refractivity contribution in [1.82, 2.24) is 0 Å². The summed E-state index contributed by atoms with van der Waals surface area (Å²) in [5, 5.41) is 10.5. The summed E-state index contributed by atoms with van der Waals surface area (Å²) in [6.07, 6.45) is 3.39. The maximum atomic E-state index is 10.5. The number of allylic oxidation sites excluding steroid dienone is 1. The molecule has 4 nitrogen and oxygen atoms in total. The predicted molar refractivity (Wildman–Crippen MR) is 59.4 cm³/mol. The molecule has 1 rings (SSSR count). The van der Waals surface area contributed by atoms with Crippen molar-refractivity contribution in [2.24, 2.45) is 0 Å². The third-order valence-electron chi connectivity index (χ3n) is 1.81. The molecule has 1 aromatic carbocycles. The van der Waals surface area contributed by atoms with Crippen LogP contribution in [0.1, 0.15) is 5.56 Å². The Balaban J connectivity index is 3.13. The van der Waals surface area contributed by atoms with Crippen molar-refractivity contribution < 1.29 is 9.66 Å². The average molecular weight is 228 g/mol. The maximum absolute atomic E-state index is 10.5. The monoisotopic (exact) mass is 227 g/mol. The van der Waals surface area contributed by atoms with Crippen molar-refractivity contribution in [2.45, 2.75) is 0 Å². The lowest BCUT2D eigenvalue weighted by Crippen LogP contribution is -1.91. The van der Waals surface area contributed by atoms with Gasteiger partial charge in [0.2, 0.25) is 0 Å². The Morgan fingerprint density at radius 2 is 2.33 bits per heavy atom. The maximum Gasteiger partial charge on any atom is 0.270 e. The van der Waals surface area contributed by atoms with Gasteiger partial charge in [-0.15, -0.1) is 11.6 Å². The van der Waals surface area contributed by atoms with Crippen LogP contribution in [0.4, 0.5) is 5.69 Å². The fourth-order valence-electron chi connectivity index (χ4n) is 1.14.